The molecule has 0 aliphatic rings. The summed E-state index contributed by atoms with van der Waals surface area (Å²) in [4.78, 5) is 11.7. The number of nitriles is 1. The highest BCUT2D eigenvalue weighted by atomic mass is 16.5. The van der Waals surface area contributed by atoms with Gasteiger partial charge in [-0.1, -0.05) is 96.0 Å². The van der Waals surface area contributed by atoms with Gasteiger partial charge in [0.25, 0.3) is 0 Å². The molecule has 0 unspecified atom stereocenters. The molecule has 3 rings (SSSR count). The number of hydrogen-bond acceptors (Lipinski definition) is 3. The lowest BCUT2D eigenvalue weighted by Crippen LogP contribution is -1.96. The smallest absolute Gasteiger partial charge is 0.159 e. The van der Waals surface area contributed by atoms with E-state index in [1.165, 1.54) is 12.8 Å². The van der Waals surface area contributed by atoms with Crippen LogP contribution in [0.2, 0.25) is 0 Å². The molecule has 0 saturated carbocycles. The summed E-state index contributed by atoms with van der Waals surface area (Å²) >= 11 is 0. The third kappa shape index (κ3) is 8.73. The maximum absolute atomic E-state index is 11.7. The molecule has 38 heavy (non-hydrogen) atoms. The van der Waals surface area contributed by atoms with Crippen LogP contribution in [-0.2, 0) is 0 Å². The van der Waals surface area contributed by atoms with Crippen LogP contribution in [0.25, 0.3) is 22.8 Å². The molecule has 0 atom stereocenters. The number of rotatable bonds is 7. The molecule has 3 heteroatoms. The van der Waals surface area contributed by atoms with E-state index in [0.717, 1.165) is 44.9 Å². The molecule has 3 aromatic rings. The second-order valence-corrected chi connectivity index (χ2v) is 9.38. The zero-order valence-electron chi connectivity index (χ0n) is 25.0. The average molecular weight is 512 g/mol. The minimum atomic E-state index is 0.0138. The van der Waals surface area contributed by atoms with Crippen molar-refractivity contribution in [1.82, 2.24) is 0 Å². The van der Waals surface area contributed by atoms with E-state index in [9.17, 15) is 10.1 Å². The first kappa shape index (κ1) is 32.4. The van der Waals surface area contributed by atoms with Crippen LogP contribution in [0.5, 0.6) is 5.75 Å². The number of Topliss-reactive ketones (excluding diaryl/α,β-unsaturated/α-hetero) is 1. The van der Waals surface area contributed by atoms with Crippen LogP contribution in [0.15, 0.2) is 54.6 Å². The van der Waals surface area contributed by atoms with E-state index in [2.05, 4.69) is 58.0 Å². The number of ketones is 1. The molecule has 0 spiro atoms. The maximum atomic E-state index is 11.7. The van der Waals surface area contributed by atoms with Crippen LogP contribution in [-0.4, -0.2) is 12.9 Å². The normalized spacial score (nSPS) is 10.5. The van der Waals surface area contributed by atoms with Crippen molar-refractivity contribution in [2.24, 2.45) is 5.92 Å². The third-order valence-electron chi connectivity index (χ3n) is 6.84. The third-order valence-corrected chi connectivity index (χ3v) is 6.84. The zero-order valence-corrected chi connectivity index (χ0v) is 25.0. The van der Waals surface area contributed by atoms with Crippen LogP contribution in [0.1, 0.15) is 99.5 Å². The fourth-order valence-electron chi connectivity index (χ4n) is 3.87. The summed E-state index contributed by atoms with van der Waals surface area (Å²) in [6.07, 6.45) is 4.79. The lowest BCUT2D eigenvalue weighted by atomic mass is 9.92. The molecule has 0 aliphatic carbocycles. The second-order valence-electron chi connectivity index (χ2n) is 9.38. The summed E-state index contributed by atoms with van der Waals surface area (Å²) in [6.45, 7) is 18.4. The Bertz CT molecular complexity index is 1270. The summed E-state index contributed by atoms with van der Waals surface area (Å²) in [6, 6.07) is 20.0. The number of allylic oxidation sites excluding steroid dienone is 1. The topological polar surface area (TPSA) is 50.1 Å². The number of nitrogens with zero attached hydrogens (tertiary/aromatic N) is 1. The monoisotopic (exact) mass is 511 g/mol. The molecule has 3 nitrogen and oxygen atoms in total. The van der Waals surface area contributed by atoms with Crippen LogP contribution >= 0.6 is 0 Å². The predicted octanol–water partition coefficient (Wildman–Crippen LogP) is 10.1. The molecule has 0 aromatic heterocycles. The van der Waals surface area contributed by atoms with Crippen LogP contribution < -0.4 is 4.74 Å². The molecule has 0 N–H and O–H groups in total. The van der Waals surface area contributed by atoms with Crippen molar-refractivity contribution >= 4 is 17.4 Å². The first-order valence-electron chi connectivity index (χ1n) is 13.6. The highest BCUT2D eigenvalue weighted by molar-refractivity contribution is 5.95. The highest BCUT2D eigenvalue weighted by Gasteiger charge is 2.11. The number of hydrogen-bond donors (Lipinski definition) is 0. The number of carbonyl (C=O) groups is 1. The van der Waals surface area contributed by atoms with E-state index in [4.69, 9.17) is 4.74 Å². The number of carbonyl (C=O) groups excluding carboxylic acids is 1. The van der Waals surface area contributed by atoms with Crippen molar-refractivity contribution in [2.75, 3.05) is 7.11 Å². The van der Waals surface area contributed by atoms with Crippen molar-refractivity contribution in [3.63, 3.8) is 0 Å². The van der Waals surface area contributed by atoms with Gasteiger partial charge in [0.1, 0.15) is 5.75 Å². The van der Waals surface area contributed by atoms with E-state index in [1.54, 1.807) is 20.1 Å². The Kier molecular flexibility index (Phi) is 13.9. The van der Waals surface area contributed by atoms with Crippen molar-refractivity contribution in [1.29, 1.82) is 5.26 Å². The zero-order chi connectivity index (χ0) is 28.8. The van der Waals surface area contributed by atoms with Gasteiger partial charge in [-0.25, -0.2) is 0 Å². The summed E-state index contributed by atoms with van der Waals surface area (Å²) < 4.78 is 5.53. The van der Waals surface area contributed by atoms with Gasteiger partial charge in [-0.3, -0.25) is 4.79 Å². The molecule has 0 fully saturated rings. The summed E-state index contributed by atoms with van der Waals surface area (Å²) in [7, 11) is 1.62. The van der Waals surface area contributed by atoms with Crippen molar-refractivity contribution in [2.45, 2.75) is 75.2 Å². The Balaban J connectivity index is 0.000000795. The van der Waals surface area contributed by atoms with Gasteiger partial charge in [0, 0.05) is 11.1 Å². The van der Waals surface area contributed by atoms with Gasteiger partial charge in [0.05, 0.1) is 18.7 Å². The number of benzene rings is 3. The van der Waals surface area contributed by atoms with E-state index in [-0.39, 0.29) is 5.78 Å². The van der Waals surface area contributed by atoms with Crippen molar-refractivity contribution < 1.29 is 9.53 Å². The quantitative estimate of drug-likeness (QED) is 0.234. The Morgan fingerprint density at radius 1 is 1.00 bits per heavy atom. The van der Waals surface area contributed by atoms with Gasteiger partial charge >= 0.3 is 0 Å². The van der Waals surface area contributed by atoms with Crippen LogP contribution in [0.3, 0.4) is 0 Å². The van der Waals surface area contributed by atoms with Gasteiger partial charge in [0.15, 0.2) is 5.78 Å². The maximum Gasteiger partial charge on any atom is 0.159 e. The molecule has 0 heterocycles. The molecule has 0 saturated heterocycles. The Hall–Kier alpha value is -3.64. The fraction of sp³-hybridized carbons (Fsp3) is 0.371. The van der Waals surface area contributed by atoms with E-state index in [1.807, 2.05) is 58.0 Å². The summed E-state index contributed by atoms with van der Waals surface area (Å²) in [5, 5.41) is 9.37. The molecular formula is C35H45NO2. The SMILES string of the molecule is CC.CCC(C)CC.COc1cc(C(C)=O)ccc1/C(C)=C/c1cccc(-c2ccc(C)c(C#N)c2)c1C. The Morgan fingerprint density at radius 3 is 2.18 bits per heavy atom. The number of methoxy groups -OCH3 is 1. The first-order valence-corrected chi connectivity index (χ1v) is 13.6. The molecule has 0 bridgehead atoms. The largest absolute Gasteiger partial charge is 0.496 e. The van der Waals surface area contributed by atoms with Crippen molar-refractivity contribution in [3.05, 3.63) is 88.0 Å². The second kappa shape index (κ2) is 16.3. The number of aryl methyl sites for hydroxylation is 1. The van der Waals surface area contributed by atoms with Gasteiger partial charge in [-0.05, 0) is 79.1 Å². The minimum Gasteiger partial charge on any atom is -0.496 e. The van der Waals surface area contributed by atoms with Gasteiger partial charge in [0.2, 0.25) is 0 Å². The van der Waals surface area contributed by atoms with Crippen LogP contribution in [0.4, 0.5) is 0 Å². The highest BCUT2D eigenvalue weighted by Crippen LogP contribution is 2.32. The molecule has 202 valence electrons. The molecule has 0 aliphatic heterocycles. The summed E-state index contributed by atoms with van der Waals surface area (Å²) in [5.74, 6) is 1.63. The standard InChI is InChI=1S/C27H25NO2.C6H14.C2H6/c1-17-9-10-23(14-24(17)16-28)26-8-6-7-21(19(26)3)13-18(2)25-12-11-22(20(4)29)15-27(25)30-5;1-4-6(3)5-2;1-2/h6-15H,1-5H3;6H,4-5H2,1-3H3;1-2H3/b18-13+;;. The fourth-order valence-corrected chi connectivity index (χ4v) is 3.87. The Morgan fingerprint density at radius 2 is 1.66 bits per heavy atom. The van der Waals surface area contributed by atoms with E-state index < -0.39 is 0 Å². The lowest BCUT2D eigenvalue weighted by Gasteiger charge is -2.13. The molecular weight excluding hydrogens is 466 g/mol. The molecule has 0 amide bonds. The molecule has 3 aromatic carbocycles. The van der Waals surface area contributed by atoms with Crippen LogP contribution in [0, 0.1) is 31.1 Å². The predicted molar refractivity (Wildman–Crippen MR) is 164 cm³/mol. The Labute approximate surface area is 231 Å². The first-order chi connectivity index (χ1) is 18.2. The average Bonchev–Trinajstić information content (AvgIpc) is 2.95. The molecule has 0 radical (unpaired) electrons. The van der Waals surface area contributed by atoms with Gasteiger partial charge < -0.3 is 4.74 Å². The van der Waals surface area contributed by atoms with E-state index >= 15 is 0 Å². The number of ether oxygens (including phenoxy) is 1. The minimum absolute atomic E-state index is 0.0138. The van der Waals surface area contributed by atoms with Crippen molar-refractivity contribution in [3.8, 4) is 22.9 Å². The lowest BCUT2D eigenvalue weighted by molar-refractivity contribution is 0.101. The van der Waals surface area contributed by atoms with Gasteiger partial charge in [-0.15, -0.1) is 0 Å². The van der Waals surface area contributed by atoms with E-state index in [0.29, 0.717) is 16.9 Å². The summed E-state index contributed by atoms with van der Waals surface area (Å²) in [5.41, 5.74) is 8.68. The van der Waals surface area contributed by atoms with Gasteiger partial charge in [-0.2, -0.15) is 5.26 Å².